The van der Waals surface area contributed by atoms with Crippen molar-refractivity contribution < 1.29 is 9.59 Å². The molecule has 0 heterocycles. The first-order chi connectivity index (χ1) is 13.6. The topological polar surface area (TPSA) is 46.2 Å². The number of nitrogens with one attached hydrogen (secondary N) is 1. The van der Waals surface area contributed by atoms with Gasteiger partial charge in [0.1, 0.15) is 0 Å². The van der Waals surface area contributed by atoms with Crippen molar-refractivity contribution in [3.8, 4) is 0 Å². The zero-order valence-electron chi connectivity index (χ0n) is 14.9. The first-order valence-corrected chi connectivity index (χ1v) is 9.20. The Balaban J connectivity index is 1.72. The fourth-order valence-corrected chi connectivity index (χ4v) is 3.34. The molecule has 0 aliphatic heterocycles. The molecule has 4 aromatic carbocycles. The minimum absolute atomic E-state index is 0.198. The molecule has 1 N–H and O–H groups in total. The van der Waals surface area contributed by atoms with Crippen LogP contribution in [0.25, 0.3) is 10.8 Å². The van der Waals surface area contributed by atoms with Gasteiger partial charge in [-0.05, 0) is 35.0 Å². The number of hydrogen-bond donors (Lipinski definition) is 1. The lowest BCUT2D eigenvalue weighted by atomic mass is 10.0. The normalized spacial score (nSPS) is 10.6. The molecule has 0 saturated heterocycles. The predicted molar refractivity (Wildman–Crippen MR) is 113 cm³/mol. The lowest BCUT2D eigenvalue weighted by Crippen LogP contribution is -2.15. The van der Waals surface area contributed by atoms with E-state index in [0.717, 1.165) is 10.8 Å². The van der Waals surface area contributed by atoms with Gasteiger partial charge in [-0.2, -0.15) is 0 Å². The highest BCUT2D eigenvalue weighted by Crippen LogP contribution is 2.26. The van der Waals surface area contributed by atoms with Gasteiger partial charge in [-0.15, -0.1) is 0 Å². The number of halogens is 1. The standard InChI is InChI=1S/C24H16ClNO2/c25-18-13-14-22(21(15-18)23(27)17-8-2-1-3-9-17)26-24(28)20-12-6-10-16-7-4-5-11-19(16)20/h1-15H,(H,26,28). The molecule has 0 radical (unpaired) electrons. The van der Waals surface area contributed by atoms with Gasteiger partial charge in [0.05, 0.1) is 5.69 Å². The van der Waals surface area contributed by atoms with Gasteiger partial charge in [-0.3, -0.25) is 9.59 Å². The smallest absolute Gasteiger partial charge is 0.256 e. The molecule has 4 heteroatoms. The van der Waals surface area contributed by atoms with E-state index in [2.05, 4.69) is 5.32 Å². The van der Waals surface area contributed by atoms with Gasteiger partial charge >= 0.3 is 0 Å². The minimum Gasteiger partial charge on any atom is -0.321 e. The van der Waals surface area contributed by atoms with Gasteiger partial charge in [-0.25, -0.2) is 0 Å². The predicted octanol–water partition coefficient (Wildman–Crippen LogP) is 5.98. The molecule has 1 amide bonds. The maximum atomic E-state index is 13.0. The number of ketones is 1. The van der Waals surface area contributed by atoms with Crippen molar-refractivity contribution in [2.75, 3.05) is 5.32 Å². The molecule has 0 saturated carbocycles. The van der Waals surface area contributed by atoms with Crippen LogP contribution in [-0.4, -0.2) is 11.7 Å². The third kappa shape index (κ3) is 3.53. The SMILES string of the molecule is O=C(c1ccccc1)c1cc(Cl)ccc1NC(=O)c1cccc2ccccc12. The second-order valence-corrected chi connectivity index (χ2v) is 6.80. The molecule has 4 aromatic rings. The van der Waals surface area contributed by atoms with Gasteiger partial charge in [0.15, 0.2) is 5.78 Å². The van der Waals surface area contributed by atoms with Crippen molar-refractivity contribution in [2.24, 2.45) is 0 Å². The van der Waals surface area contributed by atoms with Crippen LogP contribution in [0, 0.1) is 0 Å². The Morgan fingerprint density at radius 2 is 1.43 bits per heavy atom. The maximum Gasteiger partial charge on any atom is 0.256 e. The van der Waals surface area contributed by atoms with Crippen LogP contribution in [0.2, 0.25) is 5.02 Å². The first kappa shape index (κ1) is 18.0. The monoisotopic (exact) mass is 385 g/mol. The summed E-state index contributed by atoms with van der Waals surface area (Å²) in [7, 11) is 0. The van der Waals surface area contributed by atoms with Crippen molar-refractivity contribution in [2.45, 2.75) is 0 Å². The van der Waals surface area contributed by atoms with E-state index < -0.39 is 0 Å². The highest BCUT2D eigenvalue weighted by Gasteiger charge is 2.17. The van der Waals surface area contributed by atoms with E-state index in [9.17, 15) is 9.59 Å². The van der Waals surface area contributed by atoms with Crippen LogP contribution in [0.4, 0.5) is 5.69 Å². The lowest BCUT2D eigenvalue weighted by molar-refractivity contribution is 0.102. The summed E-state index contributed by atoms with van der Waals surface area (Å²) in [5.41, 5.74) is 1.86. The van der Waals surface area contributed by atoms with Crippen LogP contribution < -0.4 is 5.32 Å². The molecule has 0 aromatic heterocycles. The zero-order valence-corrected chi connectivity index (χ0v) is 15.6. The number of hydrogen-bond acceptors (Lipinski definition) is 2. The Morgan fingerprint density at radius 3 is 2.25 bits per heavy atom. The molecule has 4 rings (SSSR count). The largest absolute Gasteiger partial charge is 0.321 e. The van der Waals surface area contributed by atoms with Crippen molar-refractivity contribution in [3.63, 3.8) is 0 Å². The van der Waals surface area contributed by atoms with Gasteiger partial charge in [0, 0.05) is 21.7 Å². The number of rotatable bonds is 4. The summed E-state index contributed by atoms with van der Waals surface area (Å²) in [6, 6.07) is 27.1. The third-order valence-electron chi connectivity index (χ3n) is 4.54. The fourth-order valence-electron chi connectivity index (χ4n) is 3.17. The minimum atomic E-state index is -0.277. The molecule has 0 aliphatic carbocycles. The molecule has 136 valence electrons. The van der Waals surface area contributed by atoms with E-state index >= 15 is 0 Å². The van der Waals surface area contributed by atoms with E-state index in [4.69, 9.17) is 11.6 Å². The van der Waals surface area contributed by atoms with Gasteiger partial charge in [0.2, 0.25) is 0 Å². The highest BCUT2D eigenvalue weighted by atomic mass is 35.5. The summed E-state index contributed by atoms with van der Waals surface area (Å²) in [5, 5.41) is 5.14. The van der Waals surface area contributed by atoms with Crippen molar-refractivity contribution >= 4 is 39.8 Å². The highest BCUT2D eigenvalue weighted by molar-refractivity contribution is 6.31. The summed E-state index contributed by atoms with van der Waals surface area (Å²) in [6.07, 6.45) is 0. The van der Waals surface area contributed by atoms with E-state index in [-0.39, 0.29) is 11.7 Å². The van der Waals surface area contributed by atoms with Crippen molar-refractivity contribution in [1.29, 1.82) is 0 Å². The lowest BCUT2D eigenvalue weighted by Gasteiger charge is -2.12. The molecular weight excluding hydrogens is 370 g/mol. The molecule has 0 fully saturated rings. The van der Waals surface area contributed by atoms with Crippen LogP contribution in [-0.2, 0) is 0 Å². The Kier molecular flexibility index (Phi) is 4.92. The van der Waals surface area contributed by atoms with Gasteiger partial charge < -0.3 is 5.32 Å². The molecule has 0 spiro atoms. The molecule has 3 nitrogen and oxygen atoms in total. The molecule has 28 heavy (non-hydrogen) atoms. The van der Waals surface area contributed by atoms with Crippen molar-refractivity contribution in [3.05, 3.63) is 113 Å². The summed E-state index contributed by atoms with van der Waals surface area (Å²) >= 11 is 6.12. The number of amides is 1. The summed E-state index contributed by atoms with van der Waals surface area (Å²) in [4.78, 5) is 25.9. The summed E-state index contributed by atoms with van der Waals surface area (Å²) < 4.78 is 0. The van der Waals surface area contributed by atoms with Crippen LogP contribution in [0.1, 0.15) is 26.3 Å². The zero-order chi connectivity index (χ0) is 19.5. The Hall–Kier alpha value is -3.43. The second kappa shape index (κ2) is 7.67. The molecule has 0 bridgehead atoms. The Labute approximate surface area is 167 Å². The van der Waals surface area contributed by atoms with Crippen LogP contribution in [0.15, 0.2) is 91.0 Å². The van der Waals surface area contributed by atoms with Gasteiger partial charge in [0.25, 0.3) is 5.91 Å². The van der Waals surface area contributed by atoms with Crippen LogP contribution >= 0.6 is 11.6 Å². The molecule has 0 unspecified atom stereocenters. The van der Waals surface area contributed by atoms with Crippen molar-refractivity contribution in [1.82, 2.24) is 0 Å². The average Bonchev–Trinajstić information content (AvgIpc) is 2.74. The summed E-state index contributed by atoms with van der Waals surface area (Å²) in [5.74, 6) is -0.474. The Morgan fingerprint density at radius 1 is 0.714 bits per heavy atom. The first-order valence-electron chi connectivity index (χ1n) is 8.82. The molecular formula is C24H16ClNO2. The fraction of sp³-hybridized carbons (Fsp3) is 0. The average molecular weight is 386 g/mol. The van der Waals surface area contributed by atoms with E-state index in [1.807, 2.05) is 42.5 Å². The number of carbonyl (C=O) groups excluding carboxylic acids is 2. The van der Waals surface area contributed by atoms with E-state index in [1.165, 1.54) is 0 Å². The Bertz CT molecular complexity index is 1180. The van der Waals surface area contributed by atoms with E-state index in [1.54, 1.807) is 48.5 Å². The number of fused-ring (bicyclic) bond motifs is 1. The molecule has 0 atom stereocenters. The molecule has 0 aliphatic rings. The van der Waals surface area contributed by atoms with E-state index in [0.29, 0.717) is 27.4 Å². The van der Waals surface area contributed by atoms with Crippen LogP contribution in [0.3, 0.4) is 0 Å². The quantitative estimate of drug-likeness (QED) is 0.439. The third-order valence-corrected chi connectivity index (χ3v) is 4.78. The second-order valence-electron chi connectivity index (χ2n) is 6.37. The number of benzene rings is 4. The summed E-state index contributed by atoms with van der Waals surface area (Å²) in [6.45, 7) is 0. The number of carbonyl (C=O) groups is 2. The maximum absolute atomic E-state index is 13.0. The van der Waals surface area contributed by atoms with Crippen LogP contribution in [0.5, 0.6) is 0 Å². The van der Waals surface area contributed by atoms with Gasteiger partial charge in [-0.1, -0.05) is 78.3 Å². The number of anilines is 1.